The molecular formula is C14H17N3O2. The van der Waals surface area contributed by atoms with Crippen LogP contribution in [0.15, 0.2) is 24.3 Å². The molecule has 2 unspecified atom stereocenters. The highest BCUT2D eigenvalue weighted by Gasteiger charge is 2.29. The summed E-state index contributed by atoms with van der Waals surface area (Å²) in [6.45, 7) is 3.13. The largest absolute Gasteiger partial charge is 0.394 e. The van der Waals surface area contributed by atoms with Crippen molar-refractivity contribution in [1.29, 1.82) is 5.26 Å². The molecule has 2 rings (SSSR count). The summed E-state index contributed by atoms with van der Waals surface area (Å²) in [6.07, 6.45) is 0. The van der Waals surface area contributed by atoms with Crippen LogP contribution in [0.25, 0.3) is 0 Å². The molecule has 0 bridgehead atoms. The van der Waals surface area contributed by atoms with Gasteiger partial charge in [0, 0.05) is 18.8 Å². The maximum Gasteiger partial charge on any atom is 0.245 e. The molecule has 1 aliphatic rings. The van der Waals surface area contributed by atoms with Crippen LogP contribution in [-0.2, 0) is 4.79 Å². The van der Waals surface area contributed by atoms with Crippen LogP contribution in [0.2, 0.25) is 0 Å². The van der Waals surface area contributed by atoms with Crippen molar-refractivity contribution >= 4 is 11.6 Å². The Morgan fingerprint density at radius 2 is 2.16 bits per heavy atom. The molecule has 1 amide bonds. The molecule has 0 radical (unpaired) electrons. The Labute approximate surface area is 112 Å². The number of aliphatic hydroxyl groups excluding tert-OH is 1. The second kappa shape index (κ2) is 5.72. The fourth-order valence-corrected chi connectivity index (χ4v) is 2.26. The molecule has 1 aromatic rings. The Balaban J connectivity index is 2.31. The average Bonchev–Trinajstić information content (AvgIpc) is 2.58. The fourth-order valence-electron chi connectivity index (χ4n) is 2.26. The van der Waals surface area contributed by atoms with Crippen molar-refractivity contribution in [3.8, 4) is 6.07 Å². The summed E-state index contributed by atoms with van der Waals surface area (Å²) >= 11 is 0. The average molecular weight is 259 g/mol. The van der Waals surface area contributed by atoms with Crippen LogP contribution < -0.4 is 10.2 Å². The van der Waals surface area contributed by atoms with Crippen LogP contribution in [0.1, 0.15) is 12.5 Å². The molecule has 5 nitrogen and oxygen atoms in total. The number of anilines is 1. The van der Waals surface area contributed by atoms with E-state index in [-0.39, 0.29) is 12.5 Å². The fraction of sp³-hybridized carbons (Fsp3) is 0.429. The standard InChI is InChI=1S/C14H17N3O2/c1-10-7-16-14(19)13(9-18)17(8-10)12-4-2-11(6-15)3-5-12/h2-5,10,13,18H,7-9H2,1H3,(H,16,19). The third-order valence-corrected chi connectivity index (χ3v) is 3.31. The van der Waals surface area contributed by atoms with E-state index in [4.69, 9.17) is 5.26 Å². The van der Waals surface area contributed by atoms with E-state index in [1.165, 1.54) is 0 Å². The van der Waals surface area contributed by atoms with E-state index in [2.05, 4.69) is 18.3 Å². The molecule has 1 saturated heterocycles. The smallest absolute Gasteiger partial charge is 0.245 e. The normalized spacial score (nSPS) is 23.4. The minimum Gasteiger partial charge on any atom is -0.394 e. The molecule has 0 spiro atoms. The Kier molecular flexibility index (Phi) is 4.03. The number of hydrogen-bond acceptors (Lipinski definition) is 4. The SMILES string of the molecule is CC1CNC(=O)C(CO)N(c2ccc(C#N)cc2)C1. The molecule has 19 heavy (non-hydrogen) atoms. The van der Waals surface area contributed by atoms with E-state index in [1.807, 2.05) is 17.0 Å². The van der Waals surface area contributed by atoms with Gasteiger partial charge in [0.25, 0.3) is 0 Å². The Hall–Kier alpha value is -2.06. The van der Waals surface area contributed by atoms with Crippen LogP contribution in [0.4, 0.5) is 5.69 Å². The first kappa shape index (κ1) is 13.4. The van der Waals surface area contributed by atoms with Crippen LogP contribution in [0.5, 0.6) is 0 Å². The van der Waals surface area contributed by atoms with Crippen LogP contribution in [0.3, 0.4) is 0 Å². The minimum atomic E-state index is -0.571. The number of benzene rings is 1. The lowest BCUT2D eigenvalue weighted by Gasteiger charge is -2.30. The van der Waals surface area contributed by atoms with E-state index < -0.39 is 6.04 Å². The summed E-state index contributed by atoms with van der Waals surface area (Å²) in [5, 5.41) is 21.1. The first-order valence-corrected chi connectivity index (χ1v) is 6.31. The topological polar surface area (TPSA) is 76.4 Å². The Morgan fingerprint density at radius 3 is 2.74 bits per heavy atom. The van der Waals surface area contributed by atoms with E-state index in [1.54, 1.807) is 12.1 Å². The quantitative estimate of drug-likeness (QED) is 0.810. The van der Waals surface area contributed by atoms with Crippen molar-refractivity contribution in [3.05, 3.63) is 29.8 Å². The highest BCUT2D eigenvalue weighted by atomic mass is 16.3. The van der Waals surface area contributed by atoms with Crippen molar-refractivity contribution < 1.29 is 9.90 Å². The van der Waals surface area contributed by atoms with Crippen LogP contribution in [-0.4, -0.2) is 36.8 Å². The zero-order valence-corrected chi connectivity index (χ0v) is 10.8. The highest BCUT2D eigenvalue weighted by molar-refractivity contribution is 5.86. The van der Waals surface area contributed by atoms with Gasteiger partial charge in [0.15, 0.2) is 0 Å². The van der Waals surface area contributed by atoms with Gasteiger partial charge < -0.3 is 15.3 Å². The van der Waals surface area contributed by atoms with Gasteiger partial charge in [-0.1, -0.05) is 6.92 Å². The van der Waals surface area contributed by atoms with E-state index in [0.29, 0.717) is 24.6 Å². The van der Waals surface area contributed by atoms with Crippen LogP contribution >= 0.6 is 0 Å². The first-order valence-electron chi connectivity index (χ1n) is 6.31. The van der Waals surface area contributed by atoms with Crippen molar-refractivity contribution in [2.24, 2.45) is 5.92 Å². The van der Waals surface area contributed by atoms with Gasteiger partial charge in [-0.3, -0.25) is 4.79 Å². The third kappa shape index (κ3) is 2.85. The number of amides is 1. The predicted molar refractivity (Wildman–Crippen MR) is 71.6 cm³/mol. The molecule has 5 heteroatoms. The number of nitrogens with zero attached hydrogens (tertiary/aromatic N) is 2. The van der Waals surface area contributed by atoms with Gasteiger partial charge in [-0.2, -0.15) is 5.26 Å². The maximum atomic E-state index is 11.9. The third-order valence-electron chi connectivity index (χ3n) is 3.31. The lowest BCUT2D eigenvalue weighted by atomic mass is 10.1. The van der Waals surface area contributed by atoms with E-state index >= 15 is 0 Å². The number of hydrogen-bond donors (Lipinski definition) is 2. The number of rotatable bonds is 2. The van der Waals surface area contributed by atoms with Gasteiger partial charge in [-0.15, -0.1) is 0 Å². The van der Waals surface area contributed by atoms with Gasteiger partial charge in [0.05, 0.1) is 18.2 Å². The molecule has 1 aliphatic heterocycles. The Bertz CT molecular complexity index is 492. The molecule has 1 aromatic carbocycles. The van der Waals surface area contributed by atoms with Crippen molar-refractivity contribution in [3.63, 3.8) is 0 Å². The zero-order valence-electron chi connectivity index (χ0n) is 10.8. The van der Waals surface area contributed by atoms with Gasteiger partial charge in [-0.05, 0) is 30.2 Å². The zero-order chi connectivity index (χ0) is 13.8. The molecule has 0 aliphatic carbocycles. The summed E-state index contributed by atoms with van der Waals surface area (Å²) in [5.74, 6) is 0.146. The van der Waals surface area contributed by atoms with Crippen molar-refractivity contribution in [1.82, 2.24) is 5.32 Å². The maximum absolute atomic E-state index is 11.9. The molecule has 0 aromatic heterocycles. The van der Waals surface area contributed by atoms with Gasteiger partial charge in [-0.25, -0.2) is 0 Å². The highest BCUT2D eigenvalue weighted by Crippen LogP contribution is 2.21. The summed E-state index contributed by atoms with van der Waals surface area (Å²) < 4.78 is 0. The second-order valence-corrected chi connectivity index (χ2v) is 4.86. The number of nitriles is 1. The van der Waals surface area contributed by atoms with E-state index in [0.717, 1.165) is 5.69 Å². The number of carbonyl (C=O) groups is 1. The van der Waals surface area contributed by atoms with E-state index in [9.17, 15) is 9.90 Å². The number of carbonyl (C=O) groups excluding carboxylic acids is 1. The lowest BCUT2D eigenvalue weighted by Crippen LogP contribution is -2.47. The molecular weight excluding hydrogens is 242 g/mol. The molecule has 2 N–H and O–H groups in total. The van der Waals surface area contributed by atoms with Crippen molar-refractivity contribution in [2.45, 2.75) is 13.0 Å². The molecule has 1 fully saturated rings. The lowest BCUT2D eigenvalue weighted by molar-refractivity contribution is -0.122. The summed E-state index contributed by atoms with van der Waals surface area (Å²) in [7, 11) is 0. The minimum absolute atomic E-state index is 0.156. The predicted octanol–water partition coefficient (Wildman–Crippen LogP) is 0.491. The first-order chi connectivity index (χ1) is 9.15. The van der Waals surface area contributed by atoms with Gasteiger partial charge in [0.2, 0.25) is 5.91 Å². The molecule has 2 atom stereocenters. The van der Waals surface area contributed by atoms with Crippen molar-refractivity contribution in [2.75, 3.05) is 24.6 Å². The monoisotopic (exact) mass is 259 g/mol. The molecule has 0 saturated carbocycles. The molecule has 100 valence electrons. The number of nitrogens with one attached hydrogen (secondary N) is 1. The second-order valence-electron chi connectivity index (χ2n) is 4.86. The number of aliphatic hydroxyl groups is 1. The summed E-state index contributed by atoms with van der Waals surface area (Å²) in [4.78, 5) is 13.8. The van der Waals surface area contributed by atoms with Gasteiger partial charge in [0.1, 0.15) is 6.04 Å². The van der Waals surface area contributed by atoms with Crippen LogP contribution in [0, 0.1) is 17.2 Å². The summed E-state index contributed by atoms with van der Waals surface area (Å²) in [6, 6.07) is 8.56. The van der Waals surface area contributed by atoms with Gasteiger partial charge >= 0.3 is 0 Å². The molecule has 1 heterocycles. The summed E-state index contributed by atoms with van der Waals surface area (Å²) in [5.41, 5.74) is 1.43. The Morgan fingerprint density at radius 1 is 1.47 bits per heavy atom.